The number of aromatic nitrogens is 2. The summed E-state index contributed by atoms with van der Waals surface area (Å²) in [4.78, 5) is 16.8. The van der Waals surface area contributed by atoms with Gasteiger partial charge in [-0.25, -0.2) is 0 Å². The maximum atomic E-state index is 12.3. The summed E-state index contributed by atoms with van der Waals surface area (Å²) in [6, 6.07) is 3.90. The molecule has 2 fully saturated rings. The summed E-state index contributed by atoms with van der Waals surface area (Å²) in [5.74, 6) is -0.0333. The first-order chi connectivity index (χ1) is 9.74. The van der Waals surface area contributed by atoms with Crippen molar-refractivity contribution in [3.8, 4) is 0 Å². The molecule has 0 spiro atoms. The Hall–Kier alpha value is -1.20. The van der Waals surface area contributed by atoms with Crippen LogP contribution in [0.5, 0.6) is 0 Å². The zero-order valence-electron chi connectivity index (χ0n) is 11.5. The highest BCUT2D eigenvalue weighted by atomic mass is 35.5. The third-order valence-corrected chi connectivity index (χ3v) is 4.46. The molecule has 1 aromatic rings. The van der Waals surface area contributed by atoms with Gasteiger partial charge in [0.15, 0.2) is 10.8 Å². The summed E-state index contributed by atoms with van der Waals surface area (Å²) in [5, 5.41) is 7.91. The molecule has 2 saturated heterocycles. The van der Waals surface area contributed by atoms with Gasteiger partial charge >= 0.3 is 0 Å². The fourth-order valence-corrected chi connectivity index (χ4v) is 3.23. The molecule has 0 radical (unpaired) electrons. The van der Waals surface area contributed by atoms with Crippen molar-refractivity contribution in [3.05, 3.63) is 23.0 Å². The standard InChI is InChI=1S/C14H19ClN4O/c15-13-4-3-12(16-17-13)14(20)19-9-5-11(6-10-19)18-7-1-2-8-18/h3-4,11H,1-2,5-10H2. The van der Waals surface area contributed by atoms with Gasteiger partial charge in [-0.2, -0.15) is 0 Å². The fourth-order valence-electron chi connectivity index (χ4n) is 3.13. The first kappa shape index (κ1) is 13.8. The van der Waals surface area contributed by atoms with E-state index in [-0.39, 0.29) is 5.91 Å². The quantitative estimate of drug-likeness (QED) is 0.835. The molecule has 0 bridgehead atoms. The van der Waals surface area contributed by atoms with Crippen molar-refractivity contribution in [2.45, 2.75) is 31.7 Å². The number of carbonyl (C=O) groups excluding carboxylic acids is 1. The van der Waals surface area contributed by atoms with Crippen LogP contribution in [0.15, 0.2) is 12.1 Å². The maximum absolute atomic E-state index is 12.3. The summed E-state index contributed by atoms with van der Waals surface area (Å²) >= 11 is 5.69. The molecule has 0 aromatic carbocycles. The molecule has 0 N–H and O–H groups in total. The summed E-state index contributed by atoms with van der Waals surface area (Å²) in [7, 11) is 0. The number of likely N-dealkylation sites (tertiary alicyclic amines) is 2. The summed E-state index contributed by atoms with van der Waals surface area (Å²) in [6.45, 7) is 4.07. The smallest absolute Gasteiger partial charge is 0.274 e. The van der Waals surface area contributed by atoms with Crippen LogP contribution >= 0.6 is 11.6 Å². The number of rotatable bonds is 2. The Morgan fingerprint density at radius 1 is 1.10 bits per heavy atom. The molecule has 0 saturated carbocycles. The molecule has 5 nitrogen and oxygen atoms in total. The monoisotopic (exact) mass is 294 g/mol. The first-order valence-electron chi connectivity index (χ1n) is 7.26. The lowest BCUT2D eigenvalue weighted by molar-refractivity contribution is 0.0637. The van der Waals surface area contributed by atoms with Crippen molar-refractivity contribution in [2.75, 3.05) is 26.2 Å². The topological polar surface area (TPSA) is 49.3 Å². The van der Waals surface area contributed by atoms with Crippen LogP contribution in [0.2, 0.25) is 5.15 Å². The molecule has 2 aliphatic heterocycles. The van der Waals surface area contributed by atoms with Gasteiger partial charge in [-0.05, 0) is 50.9 Å². The number of hydrogen-bond acceptors (Lipinski definition) is 4. The molecular weight excluding hydrogens is 276 g/mol. The van der Waals surface area contributed by atoms with E-state index in [2.05, 4.69) is 15.1 Å². The average Bonchev–Trinajstić information content (AvgIpc) is 3.02. The van der Waals surface area contributed by atoms with E-state index in [0.717, 1.165) is 25.9 Å². The van der Waals surface area contributed by atoms with Gasteiger partial charge in [0.1, 0.15) is 0 Å². The van der Waals surface area contributed by atoms with Gasteiger partial charge in [-0.3, -0.25) is 4.79 Å². The fraction of sp³-hybridized carbons (Fsp3) is 0.643. The minimum atomic E-state index is -0.0333. The highest BCUT2D eigenvalue weighted by Gasteiger charge is 2.29. The van der Waals surface area contributed by atoms with Crippen molar-refractivity contribution in [1.82, 2.24) is 20.0 Å². The molecule has 3 heterocycles. The number of piperidine rings is 1. The third kappa shape index (κ3) is 2.94. The van der Waals surface area contributed by atoms with E-state index in [4.69, 9.17) is 11.6 Å². The molecular formula is C14H19ClN4O. The lowest BCUT2D eigenvalue weighted by atomic mass is 10.0. The molecule has 0 aliphatic carbocycles. The molecule has 0 unspecified atom stereocenters. The Bertz CT molecular complexity index is 465. The summed E-state index contributed by atoms with van der Waals surface area (Å²) in [6.07, 6.45) is 4.76. The van der Waals surface area contributed by atoms with Crippen LogP contribution in [0.25, 0.3) is 0 Å². The van der Waals surface area contributed by atoms with Crippen molar-refractivity contribution < 1.29 is 4.79 Å². The highest BCUT2D eigenvalue weighted by Crippen LogP contribution is 2.21. The van der Waals surface area contributed by atoms with E-state index < -0.39 is 0 Å². The highest BCUT2D eigenvalue weighted by molar-refractivity contribution is 6.29. The predicted octanol–water partition coefficient (Wildman–Crippen LogP) is 1.83. The van der Waals surface area contributed by atoms with Crippen LogP contribution in [-0.2, 0) is 0 Å². The van der Waals surface area contributed by atoms with Crippen molar-refractivity contribution >= 4 is 17.5 Å². The van der Waals surface area contributed by atoms with Crippen LogP contribution in [0.4, 0.5) is 0 Å². The molecule has 1 aromatic heterocycles. The van der Waals surface area contributed by atoms with Gasteiger partial charge in [0.25, 0.3) is 5.91 Å². The Kier molecular flexibility index (Phi) is 4.17. The van der Waals surface area contributed by atoms with Gasteiger partial charge in [0, 0.05) is 19.1 Å². The Balaban J connectivity index is 1.57. The molecule has 0 atom stereocenters. The Morgan fingerprint density at radius 2 is 1.80 bits per heavy atom. The second kappa shape index (κ2) is 6.06. The van der Waals surface area contributed by atoms with Crippen molar-refractivity contribution in [3.63, 3.8) is 0 Å². The summed E-state index contributed by atoms with van der Waals surface area (Å²) < 4.78 is 0. The average molecular weight is 295 g/mol. The van der Waals surface area contributed by atoms with E-state index in [1.165, 1.54) is 25.9 Å². The van der Waals surface area contributed by atoms with Crippen LogP contribution < -0.4 is 0 Å². The predicted molar refractivity (Wildman–Crippen MR) is 76.8 cm³/mol. The zero-order chi connectivity index (χ0) is 13.9. The van der Waals surface area contributed by atoms with Crippen LogP contribution in [-0.4, -0.2) is 58.1 Å². The number of amides is 1. The lowest BCUT2D eigenvalue weighted by Gasteiger charge is -2.36. The molecule has 6 heteroatoms. The number of hydrogen-bond donors (Lipinski definition) is 0. The maximum Gasteiger partial charge on any atom is 0.274 e. The van der Waals surface area contributed by atoms with E-state index in [0.29, 0.717) is 16.9 Å². The Labute approximate surface area is 123 Å². The van der Waals surface area contributed by atoms with Gasteiger partial charge in [-0.1, -0.05) is 11.6 Å². The van der Waals surface area contributed by atoms with Gasteiger partial charge in [0.2, 0.25) is 0 Å². The second-order valence-electron chi connectivity index (χ2n) is 5.51. The van der Waals surface area contributed by atoms with E-state index in [9.17, 15) is 4.79 Å². The minimum absolute atomic E-state index is 0.0333. The van der Waals surface area contributed by atoms with E-state index in [1.54, 1.807) is 12.1 Å². The van der Waals surface area contributed by atoms with E-state index >= 15 is 0 Å². The Morgan fingerprint density at radius 3 is 2.40 bits per heavy atom. The summed E-state index contributed by atoms with van der Waals surface area (Å²) in [5.41, 5.74) is 0.383. The molecule has 3 rings (SSSR count). The molecule has 20 heavy (non-hydrogen) atoms. The largest absolute Gasteiger partial charge is 0.337 e. The van der Waals surface area contributed by atoms with Crippen molar-refractivity contribution in [1.29, 1.82) is 0 Å². The second-order valence-corrected chi connectivity index (χ2v) is 5.89. The normalized spacial score (nSPS) is 21.4. The zero-order valence-corrected chi connectivity index (χ0v) is 12.2. The van der Waals surface area contributed by atoms with Crippen LogP contribution in [0.1, 0.15) is 36.2 Å². The van der Waals surface area contributed by atoms with Crippen LogP contribution in [0.3, 0.4) is 0 Å². The number of nitrogens with zero attached hydrogens (tertiary/aromatic N) is 4. The van der Waals surface area contributed by atoms with Gasteiger partial charge in [-0.15, -0.1) is 10.2 Å². The van der Waals surface area contributed by atoms with Crippen LogP contribution in [0, 0.1) is 0 Å². The van der Waals surface area contributed by atoms with E-state index in [1.807, 2.05) is 4.90 Å². The van der Waals surface area contributed by atoms with Gasteiger partial charge in [0.05, 0.1) is 0 Å². The third-order valence-electron chi connectivity index (χ3n) is 4.26. The number of carbonyl (C=O) groups is 1. The number of halogens is 1. The van der Waals surface area contributed by atoms with Gasteiger partial charge < -0.3 is 9.80 Å². The lowest BCUT2D eigenvalue weighted by Crippen LogP contribution is -2.46. The SMILES string of the molecule is O=C(c1ccc(Cl)nn1)N1CCC(N2CCCC2)CC1. The molecule has 1 amide bonds. The molecule has 2 aliphatic rings. The minimum Gasteiger partial charge on any atom is -0.337 e. The first-order valence-corrected chi connectivity index (χ1v) is 7.64. The molecule has 108 valence electrons. The van der Waals surface area contributed by atoms with Crippen molar-refractivity contribution in [2.24, 2.45) is 0 Å².